The lowest BCUT2D eigenvalue weighted by Gasteiger charge is -2.11. The number of hydrogen-bond donors (Lipinski definition) is 1. The van der Waals surface area contributed by atoms with Crippen LogP contribution in [0.3, 0.4) is 0 Å². The molecule has 1 N–H and O–H groups in total. The predicted octanol–water partition coefficient (Wildman–Crippen LogP) is 1.68. The Morgan fingerprint density at radius 3 is 2.93 bits per heavy atom. The summed E-state index contributed by atoms with van der Waals surface area (Å²) in [4.78, 5) is 0. The van der Waals surface area contributed by atoms with Crippen molar-refractivity contribution in [3.8, 4) is 6.07 Å². The van der Waals surface area contributed by atoms with Gasteiger partial charge in [0, 0.05) is 30.9 Å². The summed E-state index contributed by atoms with van der Waals surface area (Å²) in [5, 5.41) is 16.1. The Morgan fingerprint density at radius 2 is 2.40 bits per heavy atom. The fourth-order valence-corrected chi connectivity index (χ4v) is 1.40. The van der Waals surface area contributed by atoms with E-state index < -0.39 is 0 Å². The van der Waals surface area contributed by atoms with E-state index in [0.29, 0.717) is 12.5 Å². The summed E-state index contributed by atoms with van der Waals surface area (Å²) in [6.45, 7) is 5.84. The number of aromatic nitrogens is 2. The van der Waals surface area contributed by atoms with Crippen LogP contribution in [-0.4, -0.2) is 15.8 Å². The molecule has 1 aromatic heterocycles. The number of aryl methyl sites for hydroxylation is 1. The van der Waals surface area contributed by atoms with Gasteiger partial charge in [0.1, 0.15) is 0 Å². The molecule has 1 aromatic rings. The molecule has 0 fully saturated rings. The molecular weight excluding hydrogens is 188 g/mol. The van der Waals surface area contributed by atoms with E-state index in [-0.39, 0.29) is 0 Å². The maximum absolute atomic E-state index is 8.60. The molecule has 1 rings (SSSR count). The summed E-state index contributed by atoms with van der Waals surface area (Å²) in [6.07, 6.45) is 5.45. The van der Waals surface area contributed by atoms with E-state index >= 15 is 0 Å². The second-order valence-electron chi connectivity index (χ2n) is 3.55. The second-order valence-corrected chi connectivity index (χ2v) is 3.55. The molecule has 1 heterocycles. The molecular formula is C11H18N4. The van der Waals surface area contributed by atoms with E-state index in [2.05, 4.69) is 30.3 Å². The van der Waals surface area contributed by atoms with E-state index in [0.717, 1.165) is 19.5 Å². The molecule has 0 aromatic carbocycles. The van der Waals surface area contributed by atoms with Crippen LogP contribution in [0.25, 0.3) is 0 Å². The molecule has 0 unspecified atom stereocenters. The first-order chi connectivity index (χ1) is 7.30. The van der Waals surface area contributed by atoms with Crippen molar-refractivity contribution in [1.29, 1.82) is 5.26 Å². The Morgan fingerprint density at radius 1 is 1.60 bits per heavy atom. The molecule has 15 heavy (non-hydrogen) atoms. The van der Waals surface area contributed by atoms with Crippen molar-refractivity contribution in [2.75, 3.05) is 0 Å². The third-order valence-corrected chi connectivity index (χ3v) is 2.44. The molecule has 0 amide bonds. The Kier molecular flexibility index (Phi) is 4.85. The monoisotopic (exact) mass is 206 g/mol. The lowest BCUT2D eigenvalue weighted by atomic mass is 10.1. The second kappa shape index (κ2) is 6.20. The van der Waals surface area contributed by atoms with Crippen LogP contribution < -0.4 is 5.32 Å². The van der Waals surface area contributed by atoms with Crippen LogP contribution in [-0.2, 0) is 13.1 Å². The predicted molar refractivity (Wildman–Crippen MR) is 59.0 cm³/mol. The average molecular weight is 206 g/mol. The van der Waals surface area contributed by atoms with Gasteiger partial charge in [-0.15, -0.1) is 0 Å². The minimum absolute atomic E-state index is 0.292. The molecule has 1 atom stereocenters. The van der Waals surface area contributed by atoms with Gasteiger partial charge in [-0.05, 0) is 13.3 Å². The van der Waals surface area contributed by atoms with Crippen LogP contribution in [0.4, 0.5) is 0 Å². The molecule has 0 radical (unpaired) electrons. The maximum atomic E-state index is 8.60. The van der Waals surface area contributed by atoms with Gasteiger partial charge in [-0.2, -0.15) is 10.4 Å². The van der Waals surface area contributed by atoms with Crippen LogP contribution in [0, 0.1) is 11.3 Å². The number of nitrogens with zero attached hydrogens (tertiary/aromatic N) is 3. The van der Waals surface area contributed by atoms with Crippen molar-refractivity contribution in [3.63, 3.8) is 0 Å². The van der Waals surface area contributed by atoms with Crippen LogP contribution in [0.5, 0.6) is 0 Å². The fraction of sp³-hybridized carbons (Fsp3) is 0.636. The lowest BCUT2D eigenvalue weighted by molar-refractivity contribution is 0.504. The van der Waals surface area contributed by atoms with Gasteiger partial charge in [-0.3, -0.25) is 4.68 Å². The molecule has 0 saturated heterocycles. The largest absolute Gasteiger partial charge is 0.309 e. The maximum Gasteiger partial charge on any atom is 0.0638 e. The van der Waals surface area contributed by atoms with Crippen LogP contribution in [0.2, 0.25) is 0 Å². The summed E-state index contributed by atoms with van der Waals surface area (Å²) in [5.41, 5.74) is 1.17. The van der Waals surface area contributed by atoms with E-state index in [1.54, 1.807) is 0 Å². The van der Waals surface area contributed by atoms with Crippen LogP contribution in [0.15, 0.2) is 12.4 Å². The summed E-state index contributed by atoms with van der Waals surface area (Å²) in [5.74, 6) is 0. The Hall–Kier alpha value is -1.34. The van der Waals surface area contributed by atoms with E-state index in [4.69, 9.17) is 5.26 Å². The number of hydrogen-bond acceptors (Lipinski definition) is 3. The third kappa shape index (κ3) is 3.72. The molecule has 0 aliphatic carbocycles. The van der Waals surface area contributed by atoms with Crippen molar-refractivity contribution in [2.45, 2.75) is 45.8 Å². The highest BCUT2D eigenvalue weighted by molar-refractivity contribution is 5.03. The average Bonchev–Trinajstić information content (AvgIpc) is 2.72. The molecule has 0 aliphatic heterocycles. The van der Waals surface area contributed by atoms with Crippen molar-refractivity contribution < 1.29 is 0 Å². The van der Waals surface area contributed by atoms with E-state index in [9.17, 15) is 0 Å². The normalized spacial score (nSPS) is 12.3. The van der Waals surface area contributed by atoms with E-state index in [1.165, 1.54) is 5.56 Å². The first kappa shape index (κ1) is 11.7. The molecule has 4 heteroatoms. The van der Waals surface area contributed by atoms with Crippen molar-refractivity contribution >= 4 is 0 Å². The smallest absolute Gasteiger partial charge is 0.0638 e. The van der Waals surface area contributed by atoms with Gasteiger partial charge < -0.3 is 5.32 Å². The SMILES string of the molecule is CC[C@@H](CC#N)NCc1cnn(CC)c1. The highest BCUT2D eigenvalue weighted by Crippen LogP contribution is 2.01. The first-order valence-corrected chi connectivity index (χ1v) is 5.41. The molecule has 0 spiro atoms. The topological polar surface area (TPSA) is 53.6 Å². The number of nitrogens with one attached hydrogen (secondary N) is 1. The quantitative estimate of drug-likeness (QED) is 0.770. The lowest BCUT2D eigenvalue weighted by Crippen LogP contribution is -2.27. The zero-order valence-corrected chi connectivity index (χ0v) is 9.40. The highest BCUT2D eigenvalue weighted by Gasteiger charge is 2.05. The molecule has 4 nitrogen and oxygen atoms in total. The van der Waals surface area contributed by atoms with Crippen molar-refractivity contribution in [1.82, 2.24) is 15.1 Å². The van der Waals surface area contributed by atoms with Crippen LogP contribution >= 0.6 is 0 Å². The summed E-state index contributed by atoms with van der Waals surface area (Å²) < 4.78 is 1.91. The summed E-state index contributed by atoms with van der Waals surface area (Å²) >= 11 is 0. The van der Waals surface area contributed by atoms with Gasteiger partial charge in [-0.1, -0.05) is 6.92 Å². The fourth-order valence-electron chi connectivity index (χ4n) is 1.40. The highest BCUT2D eigenvalue weighted by atomic mass is 15.3. The van der Waals surface area contributed by atoms with Crippen molar-refractivity contribution in [3.05, 3.63) is 18.0 Å². The molecule has 0 aliphatic rings. The zero-order chi connectivity index (χ0) is 11.1. The van der Waals surface area contributed by atoms with Gasteiger partial charge in [0.15, 0.2) is 0 Å². The van der Waals surface area contributed by atoms with Gasteiger partial charge in [0.2, 0.25) is 0 Å². The van der Waals surface area contributed by atoms with Crippen LogP contribution in [0.1, 0.15) is 32.3 Å². The van der Waals surface area contributed by atoms with Gasteiger partial charge in [0.05, 0.1) is 18.7 Å². The summed E-state index contributed by atoms with van der Waals surface area (Å²) in [7, 11) is 0. The number of nitriles is 1. The molecule has 0 saturated carbocycles. The third-order valence-electron chi connectivity index (χ3n) is 2.44. The summed E-state index contributed by atoms with van der Waals surface area (Å²) in [6, 6.07) is 2.48. The van der Waals surface area contributed by atoms with Gasteiger partial charge in [-0.25, -0.2) is 0 Å². The van der Waals surface area contributed by atoms with Gasteiger partial charge >= 0.3 is 0 Å². The number of rotatable bonds is 6. The standard InChI is InChI=1S/C11H18N4/c1-3-11(5-6-12)13-7-10-8-14-15(4-2)9-10/h8-9,11,13H,3-5,7H2,1-2H3/t11-/m0/s1. The minimum Gasteiger partial charge on any atom is -0.309 e. The van der Waals surface area contributed by atoms with E-state index in [1.807, 2.05) is 17.1 Å². The Balaban J connectivity index is 2.38. The Bertz CT molecular complexity index is 324. The minimum atomic E-state index is 0.292. The van der Waals surface area contributed by atoms with Gasteiger partial charge in [0.25, 0.3) is 0 Å². The molecule has 82 valence electrons. The van der Waals surface area contributed by atoms with Crippen molar-refractivity contribution in [2.24, 2.45) is 0 Å². The molecule has 0 bridgehead atoms. The Labute approximate surface area is 90.9 Å². The zero-order valence-electron chi connectivity index (χ0n) is 9.40. The first-order valence-electron chi connectivity index (χ1n) is 5.41.